The van der Waals surface area contributed by atoms with E-state index in [1.54, 1.807) is 7.05 Å². The van der Waals surface area contributed by atoms with Gasteiger partial charge in [-0.05, 0) is 55.5 Å². The van der Waals surface area contributed by atoms with Crippen molar-refractivity contribution in [2.24, 2.45) is 0 Å². The Morgan fingerprint density at radius 2 is 1.85 bits per heavy atom. The Hall–Kier alpha value is -2.71. The lowest BCUT2D eigenvalue weighted by atomic mass is 10.2. The molecule has 1 aliphatic rings. The zero-order chi connectivity index (χ0) is 18.8. The number of morpholine rings is 1. The molecule has 1 aliphatic heterocycles. The third-order valence-corrected chi connectivity index (χ3v) is 4.93. The summed E-state index contributed by atoms with van der Waals surface area (Å²) < 4.78 is 7.46. The summed E-state index contributed by atoms with van der Waals surface area (Å²) in [5.74, 6) is 1.65. The van der Waals surface area contributed by atoms with Crippen LogP contribution in [0.2, 0.25) is 0 Å². The van der Waals surface area contributed by atoms with Gasteiger partial charge in [0.2, 0.25) is 0 Å². The number of aromatic nitrogens is 3. The molecule has 27 heavy (non-hydrogen) atoms. The Kier molecular flexibility index (Phi) is 4.91. The largest absolute Gasteiger partial charge is 0.378 e. The van der Waals surface area contributed by atoms with Crippen LogP contribution in [0.3, 0.4) is 0 Å². The lowest BCUT2D eigenvalue weighted by molar-refractivity contribution is 0.122. The number of ether oxygens (including phenoxy) is 1. The van der Waals surface area contributed by atoms with Crippen LogP contribution in [0.5, 0.6) is 0 Å². The van der Waals surface area contributed by atoms with Crippen molar-refractivity contribution in [1.29, 1.82) is 0 Å². The fourth-order valence-electron chi connectivity index (χ4n) is 3.13. The van der Waals surface area contributed by atoms with E-state index in [9.17, 15) is 0 Å². The second kappa shape index (κ2) is 7.50. The molecule has 0 saturated carbocycles. The monoisotopic (exact) mass is 382 g/mol. The number of nitrogens with one attached hydrogen (secondary N) is 2. The number of hydrogen-bond donors (Lipinski definition) is 2. The van der Waals surface area contributed by atoms with Crippen LogP contribution >= 0.6 is 12.2 Å². The summed E-state index contributed by atoms with van der Waals surface area (Å²) in [4.78, 5) is 7.16. The van der Waals surface area contributed by atoms with Gasteiger partial charge < -0.3 is 20.3 Å². The van der Waals surface area contributed by atoms with Crippen LogP contribution in [0.4, 0.5) is 11.5 Å². The van der Waals surface area contributed by atoms with Crippen molar-refractivity contribution in [3.05, 3.63) is 42.1 Å². The van der Waals surface area contributed by atoms with Crippen molar-refractivity contribution >= 4 is 34.4 Å². The van der Waals surface area contributed by atoms with Crippen LogP contribution in [0.25, 0.3) is 16.9 Å². The first-order valence-corrected chi connectivity index (χ1v) is 9.35. The molecular formula is C19H22N6OS. The Morgan fingerprint density at radius 1 is 1.11 bits per heavy atom. The molecule has 2 N–H and O–H groups in total. The number of rotatable bonds is 3. The second-order valence-electron chi connectivity index (χ2n) is 6.41. The SMILES string of the molecule is CNC(=S)Nc1ccc(-c2nc(N3CCOCC3)c3ccc(C)n3n2)cc1. The highest BCUT2D eigenvalue weighted by Crippen LogP contribution is 2.26. The standard InChI is InChI=1S/C19H22N6OS/c1-13-3-8-16-18(24-9-11-26-12-10-24)22-17(23-25(13)16)14-4-6-15(7-5-14)21-19(27)20-2/h3-8H,9-12H2,1-2H3,(H2,20,21,27). The van der Waals surface area contributed by atoms with Gasteiger partial charge in [0.1, 0.15) is 5.52 Å². The third-order valence-electron chi connectivity index (χ3n) is 4.62. The number of thiocarbonyl (C=S) groups is 1. The van der Waals surface area contributed by atoms with Gasteiger partial charge >= 0.3 is 0 Å². The number of benzene rings is 1. The fourth-order valence-corrected chi connectivity index (χ4v) is 3.25. The molecule has 2 aromatic heterocycles. The van der Waals surface area contributed by atoms with E-state index in [0.29, 0.717) is 10.9 Å². The summed E-state index contributed by atoms with van der Waals surface area (Å²) in [6.07, 6.45) is 0. The van der Waals surface area contributed by atoms with Crippen LogP contribution in [-0.2, 0) is 4.74 Å². The van der Waals surface area contributed by atoms with Gasteiger partial charge in [0.05, 0.1) is 13.2 Å². The highest BCUT2D eigenvalue weighted by atomic mass is 32.1. The number of nitrogens with zero attached hydrogens (tertiary/aromatic N) is 4. The van der Waals surface area contributed by atoms with E-state index in [2.05, 4.69) is 34.6 Å². The van der Waals surface area contributed by atoms with Gasteiger partial charge in [0, 0.05) is 37.1 Å². The van der Waals surface area contributed by atoms with E-state index in [1.807, 2.05) is 28.8 Å². The molecule has 0 aliphatic carbocycles. The minimum Gasteiger partial charge on any atom is -0.378 e. The van der Waals surface area contributed by atoms with E-state index in [0.717, 1.165) is 54.6 Å². The van der Waals surface area contributed by atoms with Crippen LogP contribution in [0, 0.1) is 6.92 Å². The van der Waals surface area contributed by atoms with Gasteiger partial charge in [-0.2, -0.15) is 0 Å². The molecule has 0 amide bonds. The zero-order valence-electron chi connectivity index (χ0n) is 15.4. The quantitative estimate of drug-likeness (QED) is 0.675. The van der Waals surface area contributed by atoms with Gasteiger partial charge in [0.25, 0.3) is 0 Å². The summed E-state index contributed by atoms with van der Waals surface area (Å²) in [7, 11) is 1.79. The highest BCUT2D eigenvalue weighted by Gasteiger charge is 2.19. The summed E-state index contributed by atoms with van der Waals surface area (Å²) in [6, 6.07) is 12.1. The first kappa shape index (κ1) is 17.7. The number of aryl methyl sites for hydroxylation is 1. The summed E-state index contributed by atoms with van der Waals surface area (Å²) in [5.41, 5.74) is 3.99. The maximum atomic E-state index is 5.49. The zero-order valence-corrected chi connectivity index (χ0v) is 16.2. The molecular weight excluding hydrogens is 360 g/mol. The first-order chi connectivity index (χ1) is 13.2. The van der Waals surface area contributed by atoms with Crippen molar-refractivity contribution in [1.82, 2.24) is 19.9 Å². The molecule has 140 valence electrons. The normalized spacial score (nSPS) is 14.4. The molecule has 8 heteroatoms. The average Bonchev–Trinajstić information content (AvgIpc) is 3.09. The smallest absolute Gasteiger partial charge is 0.182 e. The second-order valence-corrected chi connectivity index (χ2v) is 6.82. The molecule has 3 aromatic rings. The molecule has 1 aromatic carbocycles. The number of anilines is 2. The first-order valence-electron chi connectivity index (χ1n) is 8.94. The Labute approximate surface area is 163 Å². The maximum Gasteiger partial charge on any atom is 0.182 e. The van der Waals surface area contributed by atoms with Crippen molar-refractivity contribution in [3.63, 3.8) is 0 Å². The Morgan fingerprint density at radius 3 is 2.56 bits per heavy atom. The minimum absolute atomic E-state index is 0.581. The summed E-state index contributed by atoms with van der Waals surface area (Å²) >= 11 is 5.14. The number of hydrogen-bond acceptors (Lipinski definition) is 5. The molecule has 0 bridgehead atoms. The molecule has 0 unspecified atom stereocenters. The molecule has 3 heterocycles. The predicted molar refractivity (Wildman–Crippen MR) is 111 cm³/mol. The highest BCUT2D eigenvalue weighted by molar-refractivity contribution is 7.80. The van der Waals surface area contributed by atoms with E-state index < -0.39 is 0 Å². The molecule has 1 fully saturated rings. The maximum absolute atomic E-state index is 5.49. The number of fused-ring (bicyclic) bond motifs is 1. The molecule has 4 rings (SSSR count). The Balaban J connectivity index is 1.73. The van der Waals surface area contributed by atoms with Crippen molar-refractivity contribution in [2.75, 3.05) is 43.6 Å². The average molecular weight is 382 g/mol. The lowest BCUT2D eigenvalue weighted by Gasteiger charge is -2.28. The van der Waals surface area contributed by atoms with Crippen LogP contribution in [0.15, 0.2) is 36.4 Å². The van der Waals surface area contributed by atoms with Crippen molar-refractivity contribution in [3.8, 4) is 11.4 Å². The molecule has 1 saturated heterocycles. The molecule has 0 atom stereocenters. The molecule has 0 radical (unpaired) electrons. The molecule has 7 nitrogen and oxygen atoms in total. The summed E-state index contributed by atoms with van der Waals surface area (Å²) in [5, 5.41) is 11.4. The van der Waals surface area contributed by atoms with Gasteiger partial charge in [-0.25, -0.2) is 9.50 Å². The predicted octanol–water partition coefficient (Wildman–Crippen LogP) is 2.46. The van der Waals surface area contributed by atoms with E-state index in [1.165, 1.54) is 0 Å². The van der Waals surface area contributed by atoms with E-state index in [4.69, 9.17) is 27.0 Å². The van der Waals surface area contributed by atoms with Crippen LogP contribution < -0.4 is 15.5 Å². The lowest BCUT2D eigenvalue weighted by Crippen LogP contribution is -2.37. The van der Waals surface area contributed by atoms with Crippen molar-refractivity contribution in [2.45, 2.75) is 6.92 Å². The van der Waals surface area contributed by atoms with Crippen LogP contribution in [0.1, 0.15) is 5.69 Å². The van der Waals surface area contributed by atoms with Crippen LogP contribution in [-0.4, -0.2) is 53.1 Å². The molecule has 0 spiro atoms. The Bertz CT molecular complexity index is 962. The van der Waals surface area contributed by atoms with Gasteiger partial charge in [0.15, 0.2) is 16.8 Å². The topological polar surface area (TPSA) is 66.7 Å². The fraction of sp³-hybridized carbons (Fsp3) is 0.316. The minimum atomic E-state index is 0.581. The van der Waals surface area contributed by atoms with E-state index in [-0.39, 0.29) is 0 Å². The van der Waals surface area contributed by atoms with Gasteiger partial charge in [-0.1, -0.05) is 0 Å². The van der Waals surface area contributed by atoms with Gasteiger partial charge in [-0.3, -0.25) is 0 Å². The summed E-state index contributed by atoms with van der Waals surface area (Å²) in [6.45, 7) is 5.16. The van der Waals surface area contributed by atoms with E-state index >= 15 is 0 Å². The third kappa shape index (κ3) is 3.58. The van der Waals surface area contributed by atoms with Gasteiger partial charge in [-0.15, -0.1) is 5.10 Å². The van der Waals surface area contributed by atoms with Crippen molar-refractivity contribution < 1.29 is 4.74 Å².